The number of halogens is 2. The summed E-state index contributed by atoms with van der Waals surface area (Å²) in [4.78, 5) is 0. The zero-order chi connectivity index (χ0) is 15.2. The van der Waals surface area contributed by atoms with Crippen molar-refractivity contribution in [2.75, 3.05) is 7.11 Å². The molecule has 0 heterocycles. The van der Waals surface area contributed by atoms with E-state index in [1.807, 2.05) is 24.3 Å². The minimum atomic E-state index is 0.148. The molecule has 0 spiro atoms. The van der Waals surface area contributed by atoms with Crippen LogP contribution in [0.4, 0.5) is 0 Å². The monoisotopic (exact) mass is 412 g/mol. The highest BCUT2D eigenvalue weighted by atomic mass is 79.9. The van der Waals surface area contributed by atoms with E-state index in [1.165, 1.54) is 5.56 Å². The van der Waals surface area contributed by atoms with Crippen LogP contribution in [0.15, 0.2) is 51.4 Å². The molecule has 2 aromatic rings. The molecule has 0 aliphatic heterocycles. The van der Waals surface area contributed by atoms with E-state index in [9.17, 15) is 0 Å². The highest BCUT2D eigenvalue weighted by Crippen LogP contribution is 2.25. The van der Waals surface area contributed by atoms with Gasteiger partial charge >= 0.3 is 0 Å². The number of methoxy groups -OCH3 is 1. The predicted octanol–water partition coefficient (Wildman–Crippen LogP) is 3.84. The van der Waals surface area contributed by atoms with Crippen LogP contribution < -0.4 is 16.0 Å². The summed E-state index contributed by atoms with van der Waals surface area (Å²) in [6.45, 7) is 0. The van der Waals surface area contributed by atoms with Crippen LogP contribution in [0.3, 0.4) is 0 Å². The fourth-order valence-electron chi connectivity index (χ4n) is 2.27. The molecule has 3 nitrogen and oxygen atoms in total. The van der Waals surface area contributed by atoms with Gasteiger partial charge in [-0.3, -0.25) is 11.3 Å². The Bertz CT molecular complexity index is 587. The minimum absolute atomic E-state index is 0.148. The maximum Gasteiger partial charge on any atom is 0.122 e. The first-order chi connectivity index (χ1) is 10.1. The molecule has 2 rings (SSSR count). The van der Waals surface area contributed by atoms with Crippen LogP contribution in [0.1, 0.15) is 11.1 Å². The van der Waals surface area contributed by atoms with Crippen molar-refractivity contribution in [2.24, 2.45) is 5.84 Å². The zero-order valence-electron chi connectivity index (χ0n) is 11.8. The lowest BCUT2D eigenvalue weighted by Gasteiger charge is -2.18. The van der Waals surface area contributed by atoms with Gasteiger partial charge in [0.1, 0.15) is 5.75 Å². The van der Waals surface area contributed by atoms with Crippen molar-refractivity contribution in [1.29, 1.82) is 0 Å². The Labute approximate surface area is 142 Å². The van der Waals surface area contributed by atoms with E-state index >= 15 is 0 Å². The smallest absolute Gasteiger partial charge is 0.122 e. The van der Waals surface area contributed by atoms with E-state index in [-0.39, 0.29) is 6.04 Å². The van der Waals surface area contributed by atoms with Crippen LogP contribution in [0.25, 0.3) is 0 Å². The lowest BCUT2D eigenvalue weighted by atomic mass is 9.99. The van der Waals surface area contributed by atoms with Gasteiger partial charge in [0.25, 0.3) is 0 Å². The molecule has 0 fully saturated rings. The molecule has 0 saturated heterocycles. The summed E-state index contributed by atoms with van der Waals surface area (Å²) < 4.78 is 7.54. The second-order valence-electron chi connectivity index (χ2n) is 4.85. The van der Waals surface area contributed by atoms with Gasteiger partial charge < -0.3 is 4.74 Å². The van der Waals surface area contributed by atoms with E-state index in [1.54, 1.807) is 7.11 Å². The summed E-state index contributed by atoms with van der Waals surface area (Å²) in [6.07, 6.45) is 1.66. The molecule has 1 unspecified atom stereocenters. The molecular formula is C16H18Br2N2O. The average Bonchev–Trinajstić information content (AvgIpc) is 2.49. The number of nitrogens with two attached hydrogens (primary N) is 1. The Morgan fingerprint density at radius 1 is 1.05 bits per heavy atom. The third-order valence-corrected chi connectivity index (χ3v) is 4.36. The van der Waals surface area contributed by atoms with Gasteiger partial charge in [-0.05, 0) is 54.3 Å². The summed E-state index contributed by atoms with van der Waals surface area (Å²) in [5.74, 6) is 6.60. The molecule has 112 valence electrons. The highest BCUT2D eigenvalue weighted by Gasteiger charge is 2.13. The normalized spacial score (nSPS) is 12.2. The van der Waals surface area contributed by atoms with Crippen LogP contribution in [0.2, 0.25) is 0 Å². The quantitative estimate of drug-likeness (QED) is 0.558. The van der Waals surface area contributed by atoms with Crippen molar-refractivity contribution >= 4 is 31.9 Å². The molecule has 0 aliphatic carbocycles. The lowest BCUT2D eigenvalue weighted by molar-refractivity contribution is 0.404. The number of rotatable bonds is 6. The number of nitrogens with one attached hydrogen (secondary N) is 1. The van der Waals surface area contributed by atoms with Crippen molar-refractivity contribution < 1.29 is 4.74 Å². The molecule has 0 aromatic heterocycles. The zero-order valence-corrected chi connectivity index (χ0v) is 14.9. The van der Waals surface area contributed by atoms with Crippen molar-refractivity contribution in [3.63, 3.8) is 0 Å². The molecule has 0 radical (unpaired) electrons. The van der Waals surface area contributed by atoms with E-state index in [2.05, 4.69) is 55.5 Å². The van der Waals surface area contributed by atoms with Gasteiger partial charge in [0, 0.05) is 15.0 Å². The van der Waals surface area contributed by atoms with E-state index in [4.69, 9.17) is 10.6 Å². The third-order valence-electron chi connectivity index (χ3n) is 3.34. The average molecular weight is 414 g/mol. The number of hydrazine groups is 1. The SMILES string of the molecule is COc1ccc(Br)cc1CC(Cc1ccc(Br)cc1)NN. The van der Waals surface area contributed by atoms with Crippen LogP contribution >= 0.6 is 31.9 Å². The first-order valence-electron chi connectivity index (χ1n) is 6.65. The molecule has 1 atom stereocenters. The molecular weight excluding hydrogens is 396 g/mol. The van der Waals surface area contributed by atoms with Crippen molar-refractivity contribution in [3.8, 4) is 5.75 Å². The van der Waals surface area contributed by atoms with Gasteiger partial charge in [-0.1, -0.05) is 44.0 Å². The number of ether oxygens (including phenoxy) is 1. The second-order valence-corrected chi connectivity index (χ2v) is 6.69. The van der Waals surface area contributed by atoms with Crippen LogP contribution in [0.5, 0.6) is 5.75 Å². The number of benzene rings is 2. The predicted molar refractivity (Wildman–Crippen MR) is 93.4 cm³/mol. The fourth-order valence-corrected chi connectivity index (χ4v) is 2.94. The molecule has 0 saturated carbocycles. The van der Waals surface area contributed by atoms with Gasteiger partial charge in [-0.25, -0.2) is 0 Å². The maximum atomic E-state index is 5.72. The first kappa shape index (κ1) is 16.5. The van der Waals surface area contributed by atoms with Gasteiger partial charge in [-0.2, -0.15) is 0 Å². The number of hydrogen-bond donors (Lipinski definition) is 2. The van der Waals surface area contributed by atoms with Gasteiger partial charge in [0.2, 0.25) is 0 Å². The Morgan fingerprint density at radius 3 is 2.33 bits per heavy atom. The van der Waals surface area contributed by atoms with E-state index in [0.29, 0.717) is 0 Å². The molecule has 0 amide bonds. The van der Waals surface area contributed by atoms with Gasteiger partial charge in [0.15, 0.2) is 0 Å². The maximum absolute atomic E-state index is 5.72. The standard InChI is InChI=1S/C16H18Br2N2O/c1-21-16-7-6-14(18)9-12(16)10-15(20-19)8-11-2-4-13(17)5-3-11/h2-7,9,15,20H,8,10,19H2,1H3. The molecule has 21 heavy (non-hydrogen) atoms. The van der Waals surface area contributed by atoms with Crippen molar-refractivity contribution in [2.45, 2.75) is 18.9 Å². The van der Waals surface area contributed by atoms with Crippen molar-refractivity contribution in [3.05, 3.63) is 62.5 Å². The van der Waals surface area contributed by atoms with Crippen LogP contribution in [-0.2, 0) is 12.8 Å². The molecule has 5 heteroatoms. The highest BCUT2D eigenvalue weighted by molar-refractivity contribution is 9.10. The minimum Gasteiger partial charge on any atom is -0.496 e. The Hall–Kier alpha value is -0.880. The number of hydrogen-bond acceptors (Lipinski definition) is 3. The molecule has 3 N–H and O–H groups in total. The Kier molecular flexibility index (Phi) is 6.23. The van der Waals surface area contributed by atoms with E-state index in [0.717, 1.165) is 33.1 Å². The second kappa shape index (κ2) is 7.94. The van der Waals surface area contributed by atoms with E-state index < -0.39 is 0 Å². The fraction of sp³-hybridized carbons (Fsp3) is 0.250. The van der Waals surface area contributed by atoms with Crippen LogP contribution in [0, 0.1) is 0 Å². The van der Waals surface area contributed by atoms with Gasteiger partial charge in [0.05, 0.1) is 7.11 Å². The third kappa shape index (κ3) is 4.81. The lowest BCUT2D eigenvalue weighted by Crippen LogP contribution is -2.38. The first-order valence-corrected chi connectivity index (χ1v) is 8.24. The molecule has 2 aromatic carbocycles. The molecule has 0 bridgehead atoms. The summed E-state index contributed by atoms with van der Waals surface area (Å²) >= 11 is 6.95. The Morgan fingerprint density at radius 2 is 1.71 bits per heavy atom. The summed E-state index contributed by atoms with van der Waals surface area (Å²) in [5.41, 5.74) is 5.28. The topological polar surface area (TPSA) is 47.3 Å². The van der Waals surface area contributed by atoms with Crippen LogP contribution in [-0.4, -0.2) is 13.2 Å². The molecule has 0 aliphatic rings. The summed E-state index contributed by atoms with van der Waals surface area (Å²) in [6, 6.07) is 14.5. The summed E-state index contributed by atoms with van der Waals surface area (Å²) in [5, 5.41) is 0. The van der Waals surface area contributed by atoms with Gasteiger partial charge in [-0.15, -0.1) is 0 Å². The Balaban J connectivity index is 2.11. The summed E-state index contributed by atoms with van der Waals surface area (Å²) in [7, 11) is 1.69. The van der Waals surface area contributed by atoms with Crippen molar-refractivity contribution in [1.82, 2.24) is 5.43 Å². The largest absolute Gasteiger partial charge is 0.496 e.